The predicted octanol–water partition coefficient (Wildman–Crippen LogP) is 4.23. The molecule has 0 aliphatic rings. The van der Waals surface area contributed by atoms with Crippen LogP contribution in [0.15, 0.2) is 24.3 Å². The summed E-state index contributed by atoms with van der Waals surface area (Å²) in [4.78, 5) is 0. The van der Waals surface area contributed by atoms with Crippen molar-refractivity contribution in [3.8, 4) is 5.75 Å². The summed E-state index contributed by atoms with van der Waals surface area (Å²) >= 11 is 0. The highest BCUT2D eigenvalue weighted by Crippen LogP contribution is 2.36. The number of halogens is 6. The topological polar surface area (TPSA) is 21.3 Å². The Morgan fingerprint density at radius 3 is 2.14 bits per heavy atom. The molecule has 8 heteroatoms. The van der Waals surface area contributed by atoms with Gasteiger partial charge in [-0.15, -0.1) is 0 Å². The standard InChI is InChI=1S/C13H15F6NO/c1-3-20-8(2)9-5-4-6-10(7-9)21-11(12(14,15)16)13(17,18)19/h4-8,11,20H,3H2,1-2H3. The molecule has 0 saturated carbocycles. The van der Waals surface area contributed by atoms with Crippen molar-refractivity contribution < 1.29 is 31.1 Å². The number of benzene rings is 1. The summed E-state index contributed by atoms with van der Waals surface area (Å²) in [6.07, 6.45) is -14.9. The van der Waals surface area contributed by atoms with Gasteiger partial charge in [0.2, 0.25) is 0 Å². The molecule has 21 heavy (non-hydrogen) atoms. The number of hydrogen-bond donors (Lipinski definition) is 1. The second kappa shape index (κ2) is 6.55. The van der Waals surface area contributed by atoms with Crippen molar-refractivity contribution in [2.24, 2.45) is 0 Å². The van der Waals surface area contributed by atoms with Gasteiger partial charge in [-0.1, -0.05) is 19.1 Å². The quantitative estimate of drug-likeness (QED) is 0.821. The first-order valence-electron chi connectivity index (χ1n) is 6.19. The molecule has 0 spiro atoms. The Bertz CT molecular complexity index is 443. The molecule has 1 unspecified atom stereocenters. The molecule has 0 heterocycles. The SMILES string of the molecule is CCNC(C)c1cccc(OC(C(F)(F)F)C(F)(F)F)c1. The molecule has 0 aliphatic heterocycles. The van der Waals surface area contributed by atoms with Gasteiger partial charge in [0.25, 0.3) is 6.10 Å². The molecular formula is C13H15F6NO. The van der Waals surface area contributed by atoms with E-state index in [4.69, 9.17) is 0 Å². The second-order valence-electron chi connectivity index (χ2n) is 4.43. The number of alkyl halides is 6. The van der Waals surface area contributed by atoms with Crippen LogP contribution in [0.3, 0.4) is 0 Å². The first-order valence-corrected chi connectivity index (χ1v) is 6.19. The molecule has 0 saturated heterocycles. The van der Waals surface area contributed by atoms with Crippen LogP contribution in [0, 0.1) is 0 Å². The van der Waals surface area contributed by atoms with Gasteiger partial charge in [-0.2, -0.15) is 26.3 Å². The summed E-state index contributed by atoms with van der Waals surface area (Å²) in [6.45, 7) is 4.19. The van der Waals surface area contributed by atoms with Crippen molar-refractivity contribution in [1.29, 1.82) is 0 Å². The lowest BCUT2D eigenvalue weighted by atomic mass is 10.1. The minimum Gasteiger partial charge on any atom is -0.471 e. The summed E-state index contributed by atoms with van der Waals surface area (Å²) < 4.78 is 78.7. The van der Waals surface area contributed by atoms with Crippen LogP contribution in [-0.2, 0) is 0 Å². The molecule has 0 fully saturated rings. The van der Waals surface area contributed by atoms with Gasteiger partial charge in [-0.25, -0.2) is 0 Å². The maximum Gasteiger partial charge on any atom is 0.434 e. The highest BCUT2D eigenvalue weighted by atomic mass is 19.4. The highest BCUT2D eigenvalue weighted by Gasteiger charge is 2.59. The number of hydrogen-bond acceptors (Lipinski definition) is 2. The maximum absolute atomic E-state index is 12.4. The van der Waals surface area contributed by atoms with Gasteiger partial charge in [0, 0.05) is 6.04 Å². The molecule has 120 valence electrons. The number of ether oxygens (including phenoxy) is 1. The van der Waals surface area contributed by atoms with Gasteiger partial charge in [0.15, 0.2) is 0 Å². The Hall–Kier alpha value is -1.44. The van der Waals surface area contributed by atoms with Crippen LogP contribution in [0.2, 0.25) is 0 Å². The van der Waals surface area contributed by atoms with Gasteiger partial charge in [0.05, 0.1) is 0 Å². The van der Waals surface area contributed by atoms with Crippen LogP contribution < -0.4 is 10.1 Å². The maximum atomic E-state index is 12.4. The number of nitrogens with one attached hydrogen (secondary N) is 1. The fourth-order valence-electron chi connectivity index (χ4n) is 1.74. The lowest BCUT2D eigenvalue weighted by Crippen LogP contribution is -2.46. The molecule has 0 aliphatic carbocycles. The minimum absolute atomic E-state index is 0.214. The third-order valence-corrected chi connectivity index (χ3v) is 2.72. The van der Waals surface area contributed by atoms with E-state index in [9.17, 15) is 26.3 Å². The van der Waals surface area contributed by atoms with Gasteiger partial charge in [0.1, 0.15) is 5.75 Å². The zero-order valence-electron chi connectivity index (χ0n) is 11.3. The van der Waals surface area contributed by atoms with E-state index in [2.05, 4.69) is 10.1 Å². The molecule has 0 amide bonds. The van der Waals surface area contributed by atoms with Gasteiger partial charge in [-0.05, 0) is 31.2 Å². The zero-order valence-corrected chi connectivity index (χ0v) is 11.3. The number of rotatable bonds is 5. The van der Waals surface area contributed by atoms with Crippen LogP contribution in [0.4, 0.5) is 26.3 Å². The van der Waals surface area contributed by atoms with Crippen molar-refractivity contribution in [2.45, 2.75) is 38.3 Å². The normalized spacial score (nSPS) is 14.3. The molecule has 0 aromatic heterocycles. The highest BCUT2D eigenvalue weighted by molar-refractivity contribution is 5.30. The summed E-state index contributed by atoms with van der Waals surface area (Å²) in [5, 5.41) is 3.00. The Balaban J connectivity index is 2.98. The fraction of sp³-hybridized carbons (Fsp3) is 0.538. The Kier molecular flexibility index (Phi) is 5.49. The summed E-state index contributed by atoms with van der Waals surface area (Å²) in [5.74, 6) is -0.475. The van der Waals surface area contributed by atoms with Crippen molar-refractivity contribution >= 4 is 0 Å². The van der Waals surface area contributed by atoms with Crippen molar-refractivity contribution in [3.63, 3.8) is 0 Å². The van der Waals surface area contributed by atoms with Crippen molar-refractivity contribution in [2.75, 3.05) is 6.54 Å². The van der Waals surface area contributed by atoms with Crippen molar-refractivity contribution in [3.05, 3.63) is 29.8 Å². The average Bonchev–Trinajstić information content (AvgIpc) is 2.34. The van der Waals surface area contributed by atoms with Crippen LogP contribution >= 0.6 is 0 Å². The van der Waals surface area contributed by atoms with E-state index in [1.807, 2.05) is 6.92 Å². The first kappa shape index (κ1) is 17.6. The van der Waals surface area contributed by atoms with E-state index >= 15 is 0 Å². The molecule has 2 nitrogen and oxygen atoms in total. The fourth-order valence-corrected chi connectivity index (χ4v) is 1.74. The van der Waals surface area contributed by atoms with Crippen LogP contribution in [-0.4, -0.2) is 25.0 Å². The molecule has 1 aromatic carbocycles. The average molecular weight is 315 g/mol. The molecule has 0 bridgehead atoms. The first-order chi connectivity index (χ1) is 9.55. The van der Waals surface area contributed by atoms with E-state index in [-0.39, 0.29) is 6.04 Å². The summed E-state index contributed by atoms with van der Waals surface area (Å²) in [5.41, 5.74) is 0.539. The largest absolute Gasteiger partial charge is 0.471 e. The predicted molar refractivity (Wildman–Crippen MR) is 65.1 cm³/mol. The van der Waals surface area contributed by atoms with E-state index < -0.39 is 24.2 Å². The van der Waals surface area contributed by atoms with Gasteiger partial charge < -0.3 is 10.1 Å². The van der Waals surface area contributed by atoms with Crippen LogP contribution in [0.5, 0.6) is 5.75 Å². The van der Waals surface area contributed by atoms with E-state index in [1.54, 1.807) is 13.0 Å². The minimum atomic E-state index is -5.53. The van der Waals surface area contributed by atoms with Crippen molar-refractivity contribution in [1.82, 2.24) is 5.32 Å². The second-order valence-corrected chi connectivity index (χ2v) is 4.43. The van der Waals surface area contributed by atoms with E-state index in [0.717, 1.165) is 12.1 Å². The Morgan fingerprint density at radius 2 is 1.67 bits per heavy atom. The smallest absolute Gasteiger partial charge is 0.434 e. The molecule has 1 rings (SSSR count). The molecule has 1 aromatic rings. The third kappa shape index (κ3) is 5.11. The Labute approximate surface area is 118 Å². The van der Waals surface area contributed by atoms with Gasteiger partial charge in [-0.3, -0.25) is 0 Å². The van der Waals surface area contributed by atoms with Gasteiger partial charge >= 0.3 is 12.4 Å². The Morgan fingerprint density at radius 1 is 1.10 bits per heavy atom. The van der Waals surface area contributed by atoms with E-state index in [0.29, 0.717) is 12.1 Å². The molecule has 1 N–H and O–H groups in total. The summed E-state index contributed by atoms with van der Waals surface area (Å²) in [6, 6.07) is 4.96. The lowest BCUT2D eigenvalue weighted by molar-refractivity contribution is -0.299. The van der Waals surface area contributed by atoms with Crippen LogP contribution in [0.25, 0.3) is 0 Å². The summed E-state index contributed by atoms with van der Waals surface area (Å²) in [7, 11) is 0. The molecule has 0 radical (unpaired) electrons. The van der Waals surface area contributed by atoms with E-state index in [1.165, 1.54) is 6.07 Å². The van der Waals surface area contributed by atoms with Crippen LogP contribution in [0.1, 0.15) is 25.5 Å². The lowest BCUT2D eigenvalue weighted by Gasteiger charge is -2.24. The molecular weight excluding hydrogens is 300 g/mol. The zero-order chi connectivity index (χ0) is 16.3. The molecule has 1 atom stereocenters. The monoisotopic (exact) mass is 315 g/mol. The third-order valence-electron chi connectivity index (χ3n) is 2.72.